The van der Waals surface area contributed by atoms with Crippen molar-refractivity contribution in [2.75, 3.05) is 0 Å². The Morgan fingerprint density at radius 3 is 1.56 bits per heavy atom. The summed E-state index contributed by atoms with van der Waals surface area (Å²) in [6, 6.07) is 12.3. The number of para-hydroxylation sites is 1. The molecule has 0 radical (unpaired) electrons. The smallest absolute Gasteiger partial charge is 0.136 e. The standard InChI is InChI=1S/C38H24O/c1-2-10-26(11-3-1)37-31-13-4-6-15-33(31)38(34-16-7-5-14-32(34)37)27-20-18-25(19-21-27)28-22-23-30-29-12-8-9-17-35(29)39-36(30)24-28/h1-24H/i1D,2D,3D,4D,5D,6D,7D,10D,11D,13D,14D,15D,16D. The van der Waals surface area contributed by atoms with Crippen molar-refractivity contribution in [2.24, 2.45) is 0 Å². The van der Waals surface area contributed by atoms with Crippen LogP contribution in [0, 0.1) is 0 Å². The van der Waals surface area contributed by atoms with Gasteiger partial charge in [-0.3, -0.25) is 0 Å². The highest BCUT2D eigenvalue weighted by Crippen LogP contribution is 2.43. The molecule has 1 nitrogen and oxygen atoms in total. The average Bonchev–Trinajstić information content (AvgIpc) is 3.53. The number of hydrogen-bond acceptors (Lipinski definition) is 1. The van der Waals surface area contributed by atoms with Gasteiger partial charge in [-0.15, -0.1) is 0 Å². The predicted molar refractivity (Wildman–Crippen MR) is 165 cm³/mol. The molecule has 0 amide bonds. The lowest BCUT2D eigenvalue weighted by Gasteiger charge is -2.18. The molecule has 0 atom stereocenters. The van der Waals surface area contributed by atoms with E-state index in [0.29, 0.717) is 11.1 Å². The van der Waals surface area contributed by atoms with Gasteiger partial charge < -0.3 is 4.42 Å². The first kappa shape index (κ1) is 12.6. The van der Waals surface area contributed by atoms with Gasteiger partial charge in [0.25, 0.3) is 0 Å². The van der Waals surface area contributed by atoms with Crippen LogP contribution in [0.2, 0.25) is 0 Å². The molecule has 1 aromatic heterocycles. The average molecular weight is 510 g/mol. The summed E-state index contributed by atoms with van der Waals surface area (Å²) in [6.07, 6.45) is 0. The zero-order valence-electron chi connectivity index (χ0n) is 33.3. The highest BCUT2D eigenvalue weighted by atomic mass is 16.3. The summed E-state index contributed by atoms with van der Waals surface area (Å²) in [5, 5.41) is 1.22. The predicted octanol–water partition coefficient (Wildman–Crippen LogP) is 10.9. The summed E-state index contributed by atoms with van der Waals surface area (Å²) in [5.74, 6) is 0. The maximum Gasteiger partial charge on any atom is 0.136 e. The third-order valence-electron chi connectivity index (χ3n) is 7.01. The second-order valence-electron chi connectivity index (χ2n) is 9.14. The van der Waals surface area contributed by atoms with Gasteiger partial charge in [-0.1, -0.05) is 127 Å². The van der Waals surface area contributed by atoms with Crippen LogP contribution in [0.4, 0.5) is 0 Å². The first-order valence-corrected chi connectivity index (χ1v) is 12.3. The lowest BCUT2D eigenvalue weighted by Crippen LogP contribution is -1.90. The Kier molecular flexibility index (Phi) is 2.82. The van der Waals surface area contributed by atoms with E-state index >= 15 is 0 Å². The maximum atomic E-state index is 9.10. The molecule has 0 saturated carbocycles. The molecule has 0 aliphatic rings. The van der Waals surface area contributed by atoms with Gasteiger partial charge in [0.1, 0.15) is 11.2 Å². The van der Waals surface area contributed by atoms with Gasteiger partial charge in [0.05, 0.1) is 17.8 Å². The fourth-order valence-electron chi connectivity index (χ4n) is 5.27. The molecule has 182 valence electrons. The van der Waals surface area contributed by atoms with Crippen LogP contribution in [0.25, 0.3) is 76.9 Å². The minimum atomic E-state index is -0.709. The first-order valence-electron chi connectivity index (χ1n) is 18.8. The van der Waals surface area contributed by atoms with Crippen LogP contribution in [0.15, 0.2) is 150 Å². The number of fused-ring (bicyclic) bond motifs is 5. The SMILES string of the molecule is [2H]c1c([2H])c([2H])c(-c2c3c([2H])c([2H])c([2H])c([2H])c3c(-c3ccc(-c4ccc5c(c4)oc4ccccc45)cc3)c3c([2H])c([2H])c([2H])c([2H])c23)c([2H])c1[2H]. The quantitative estimate of drug-likeness (QED) is 0.216. The van der Waals surface area contributed by atoms with E-state index in [1.54, 1.807) is 24.3 Å². The zero-order chi connectivity index (χ0) is 37.1. The Hall–Kier alpha value is -5.14. The molecule has 0 aliphatic heterocycles. The molecule has 0 spiro atoms. The van der Waals surface area contributed by atoms with Crippen LogP contribution in [0.1, 0.15) is 17.8 Å². The Balaban J connectivity index is 1.50. The molecule has 39 heavy (non-hydrogen) atoms. The van der Waals surface area contributed by atoms with E-state index in [1.807, 2.05) is 42.5 Å². The molecule has 0 saturated heterocycles. The fourth-order valence-corrected chi connectivity index (χ4v) is 5.27. The van der Waals surface area contributed by atoms with E-state index in [1.165, 1.54) is 0 Å². The zero-order valence-corrected chi connectivity index (χ0v) is 20.3. The number of rotatable bonds is 3. The molecule has 1 heteroatoms. The summed E-state index contributed by atoms with van der Waals surface area (Å²) in [4.78, 5) is 0. The van der Waals surface area contributed by atoms with Gasteiger partial charge in [0.15, 0.2) is 0 Å². The number of benzene rings is 7. The summed E-state index contributed by atoms with van der Waals surface area (Å²) in [5.41, 5.74) is 2.75. The monoisotopic (exact) mass is 509 g/mol. The van der Waals surface area contributed by atoms with Gasteiger partial charge in [-0.05, 0) is 73.1 Å². The van der Waals surface area contributed by atoms with Crippen molar-refractivity contribution in [1.29, 1.82) is 0 Å². The van der Waals surface area contributed by atoms with Gasteiger partial charge in [-0.25, -0.2) is 0 Å². The molecular weight excluding hydrogens is 472 g/mol. The van der Waals surface area contributed by atoms with Crippen molar-refractivity contribution >= 4 is 43.5 Å². The van der Waals surface area contributed by atoms with Crippen LogP contribution in [-0.2, 0) is 0 Å². The second kappa shape index (κ2) is 8.72. The highest BCUT2D eigenvalue weighted by Gasteiger charge is 2.16. The Bertz CT molecular complexity index is 2770. The third-order valence-corrected chi connectivity index (χ3v) is 7.01. The second-order valence-corrected chi connectivity index (χ2v) is 9.14. The Morgan fingerprint density at radius 2 is 0.897 bits per heavy atom. The molecule has 1 heterocycles. The van der Waals surface area contributed by atoms with Crippen LogP contribution < -0.4 is 0 Å². The molecule has 0 unspecified atom stereocenters. The van der Waals surface area contributed by atoms with Crippen LogP contribution in [-0.4, -0.2) is 0 Å². The summed E-state index contributed by atoms with van der Waals surface area (Å²) >= 11 is 0. The third kappa shape index (κ3) is 3.48. The van der Waals surface area contributed by atoms with E-state index < -0.39 is 84.1 Å². The van der Waals surface area contributed by atoms with Gasteiger partial charge in [0.2, 0.25) is 0 Å². The van der Waals surface area contributed by atoms with Crippen molar-refractivity contribution in [3.8, 4) is 33.4 Å². The van der Waals surface area contributed by atoms with Crippen molar-refractivity contribution in [2.45, 2.75) is 0 Å². The topological polar surface area (TPSA) is 13.1 Å². The van der Waals surface area contributed by atoms with E-state index in [2.05, 4.69) is 0 Å². The van der Waals surface area contributed by atoms with Crippen molar-refractivity contribution in [3.05, 3.63) is 145 Å². The van der Waals surface area contributed by atoms with Gasteiger partial charge in [0, 0.05) is 10.8 Å². The van der Waals surface area contributed by atoms with Crippen LogP contribution in [0.3, 0.4) is 0 Å². The van der Waals surface area contributed by atoms with E-state index in [-0.39, 0.29) is 32.7 Å². The molecule has 8 rings (SSSR count). The molecule has 7 aromatic carbocycles. The minimum absolute atomic E-state index is 0.0828. The lowest BCUT2D eigenvalue weighted by molar-refractivity contribution is 0.669. The summed E-state index contributed by atoms with van der Waals surface area (Å²) in [6.45, 7) is 0. The van der Waals surface area contributed by atoms with Gasteiger partial charge in [-0.2, -0.15) is 0 Å². The molecule has 0 N–H and O–H groups in total. The molecule has 0 aliphatic carbocycles. The van der Waals surface area contributed by atoms with E-state index in [9.17, 15) is 0 Å². The largest absolute Gasteiger partial charge is 0.456 e. The fraction of sp³-hybridized carbons (Fsp3) is 0. The van der Waals surface area contributed by atoms with Crippen LogP contribution in [0.5, 0.6) is 0 Å². The van der Waals surface area contributed by atoms with E-state index in [0.717, 1.165) is 27.5 Å². The molecule has 8 aromatic rings. The number of hydrogen-bond donors (Lipinski definition) is 0. The minimum Gasteiger partial charge on any atom is -0.456 e. The normalized spacial score (nSPS) is 16.3. The molecular formula is C38H24O. The molecule has 0 fully saturated rings. The summed E-state index contributed by atoms with van der Waals surface area (Å²) in [7, 11) is 0. The van der Waals surface area contributed by atoms with Crippen molar-refractivity contribution in [3.63, 3.8) is 0 Å². The van der Waals surface area contributed by atoms with Crippen LogP contribution >= 0.6 is 0 Å². The van der Waals surface area contributed by atoms with Crippen molar-refractivity contribution < 1.29 is 22.2 Å². The summed E-state index contributed by atoms with van der Waals surface area (Å²) < 4.78 is 119. The Labute approximate surface area is 244 Å². The number of furan rings is 1. The van der Waals surface area contributed by atoms with E-state index in [4.69, 9.17) is 22.2 Å². The molecule has 0 bridgehead atoms. The Morgan fingerprint density at radius 1 is 0.385 bits per heavy atom. The van der Waals surface area contributed by atoms with Crippen molar-refractivity contribution in [1.82, 2.24) is 0 Å². The first-order chi connectivity index (χ1) is 24.7. The lowest BCUT2D eigenvalue weighted by atomic mass is 9.86. The van der Waals surface area contributed by atoms with Gasteiger partial charge >= 0.3 is 0 Å². The highest BCUT2D eigenvalue weighted by molar-refractivity contribution is 6.21. The maximum absolute atomic E-state index is 9.10.